The third-order valence-electron chi connectivity index (χ3n) is 5.10. The third-order valence-corrected chi connectivity index (χ3v) is 6.36. The lowest BCUT2D eigenvalue weighted by Crippen LogP contribution is -2.30. The zero-order chi connectivity index (χ0) is 19.9. The molecule has 1 atom stereocenters. The summed E-state index contributed by atoms with van der Waals surface area (Å²) in [6.45, 7) is 1.37. The van der Waals surface area contributed by atoms with Gasteiger partial charge in [-0.3, -0.25) is 4.79 Å². The van der Waals surface area contributed by atoms with E-state index in [1.165, 1.54) is 5.56 Å². The first-order valence-corrected chi connectivity index (χ1v) is 11.1. The van der Waals surface area contributed by atoms with E-state index in [1.807, 2.05) is 65.2 Å². The SMILES string of the molecule is O=C(CCc1ccccc1)N1CCSC1c1ccc(OCc2ccccc2)cc1. The van der Waals surface area contributed by atoms with Crippen LogP contribution in [0.4, 0.5) is 0 Å². The fourth-order valence-corrected chi connectivity index (χ4v) is 4.79. The van der Waals surface area contributed by atoms with Crippen LogP contribution in [-0.2, 0) is 17.8 Å². The Morgan fingerprint density at radius 1 is 0.897 bits per heavy atom. The Hall–Kier alpha value is -2.72. The van der Waals surface area contributed by atoms with Crippen LogP contribution in [0.3, 0.4) is 0 Å². The smallest absolute Gasteiger partial charge is 0.224 e. The molecule has 0 bridgehead atoms. The van der Waals surface area contributed by atoms with Crippen LogP contribution in [0.1, 0.15) is 28.5 Å². The molecule has 4 rings (SSSR count). The van der Waals surface area contributed by atoms with Gasteiger partial charge in [-0.2, -0.15) is 0 Å². The molecule has 3 aromatic rings. The van der Waals surface area contributed by atoms with E-state index < -0.39 is 0 Å². The van der Waals surface area contributed by atoms with Gasteiger partial charge in [0.05, 0.1) is 0 Å². The molecule has 1 saturated heterocycles. The molecule has 0 spiro atoms. The number of carbonyl (C=O) groups is 1. The van der Waals surface area contributed by atoms with Crippen molar-refractivity contribution in [2.75, 3.05) is 12.3 Å². The minimum atomic E-state index is 0.0986. The van der Waals surface area contributed by atoms with E-state index in [-0.39, 0.29) is 11.3 Å². The van der Waals surface area contributed by atoms with Crippen molar-refractivity contribution in [2.45, 2.75) is 24.8 Å². The number of hydrogen-bond acceptors (Lipinski definition) is 3. The van der Waals surface area contributed by atoms with Crippen molar-refractivity contribution in [3.63, 3.8) is 0 Å². The second kappa shape index (κ2) is 9.66. The standard InChI is InChI=1S/C25H25NO2S/c27-24(16-11-20-7-3-1-4-8-20)26-17-18-29-25(26)22-12-14-23(15-13-22)28-19-21-9-5-2-6-10-21/h1-10,12-15,25H,11,16-19H2. The molecule has 1 aliphatic rings. The summed E-state index contributed by atoms with van der Waals surface area (Å²) in [6, 6.07) is 28.5. The molecule has 29 heavy (non-hydrogen) atoms. The molecular formula is C25H25NO2S. The number of ether oxygens (including phenoxy) is 1. The first-order valence-electron chi connectivity index (χ1n) is 10.0. The molecule has 0 saturated carbocycles. The lowest BCUT2D eigenvalue weighted by atomic mass is 10.1. The Morgan fingerprint density at radius 2 is 1.55 bits per heavy atom. The molecule has 0 aromatic heterocycles. The van der Waals surface area contributed by atoms with E-state index in [0.29, 0.717) is 13.0 Å². The topological polar surface area (TPSA) is 29.5 Å². The summed E-state index contributed by atoms with van der Waals surface area (Å²) in [6.07, 6.45) is 1.35. The number of thioether (sulfide) groups is 1. The van der Waals surface area contributed by atoms with Gasteiger partial charge in [-0.05, 0) is 35.2 Å². The van der Waals surface area contributed by atoms with Crippen LogP contribution in [0.25, 0.3) is 0 Å². The molecular weight excluding hydrogens is 378 g/mol. The van der Waals surface area contributed by atoms with Crippen LogP contribution >= 0.6 is 11.8 Å². The van der Waals surface area contributed by atoms with Gasteiger partial charge in [-0.1, -0.05) is 72.8 Å². The van der Waals surface area contributed by atoms with Gasteiger partial charge in [0.2, 0.25) is 5.91 Å². The lowest BCUT2D eigenvalue weighted by molar-refractivity contribution is -0.131. The average Bonchev–Trinajstić information content (AvgIpc) is 3.28. The normalized spacial score (nSPS) is 16.0. The molecule has 148 valence electrons. The van der Waals surface area contributed by atoms with Crippen molar-refractivity contribution < 1.29 is 9.53 Å². The molecule has 1 amide bonds. The fourth-order valence-electron chi connectivity index (χ4n) is 3.51. The number of amides is 1. The Bertz CT molecular complexity index is 913. The number of benzene rings is 3. The van der Waals surface area contributed by atoms with Gasteiger partial charge in [0.15, 0.2) is 0 Å². The van der Waals surface area contributed by atoms with E-state index in [0.717, 1.165) is 35.6 Å². The van der Waals surface area contributed by atoms with E-state index in [4.69, 9.17) is 4.74 Å². The molecule has 3 aromatic carbocycles. The van der Waals surface area contributed by atoms with Gasteiger partial charge in [-0.15, -0.1) is 11.8 Å². The monoisotopic (exact) mass is 403 g/mol. The van der Waals surface area contributed by atoms with Gasteiger partial charge >= 0.3 is 0 Å². The molecule has 0 aliphatic carbocycles. The number of carbonyl (C=O) groups excluding carboxylic acids is 1. The molecule has 1 aliphatic heterocycles. The van der Waals surface area contributed by atoms with Crippen molar-refractivity contribution >= 4 is 17.7 Å². The van der Waals surface area contributed by atoms with Crippen LogP contribution in [0.15, 0.2) is 84.9 Å². The molecule has 1 heterocycles. The molecule has 1 unspecified atom stereocenters. The maximum atomic E-state index is 12.8. The summed E-state index contributed by atoms with van der Waals surface area (Å²) in [5, 5.41) is 0.0986. The van der Waals surface area contributed by atoms with E-state index in [1.54, 1.807) is 0 Å². The minimum Gasteiger partial charge on any atom is -0.489 e. The zero-order valence-electron chi connectivity index (χ0n) is 16.4. The van der Waals surface area contributed by atoms with Crippen LogP contribution in [0, 0.1) is 0 Å². The Labute approximate surface area is 176 Å². The second-order valence-electron chi connectivity index (χ2n) is 7.14. The number of aryl methyl sites for hydroxylation is 1. The maximum absolute atomic E-state index is 12.8. The Morgan fingerprint density at radius 3 is 2.24 bits per heavy atom. The molecule has 0 N–H and O–H groups in total. The highest BCUT2D eigenvalue weighted by molar-refractivity contribution is 7.99. The van der Waals surface area contributed by atoms with Gasteiger partial charge in [0, 0.05) is 18.7 Å². The average molecular weight is 404 g/mol. The first-order chi connectivity index (χ1) is 14.3. The van der Waals surface area contributed by atoms with Crippen molar-refractivity contribution in [3.8, 4) is 5.75 Å². The van der Waals surface area contributed by atoms with Gasteiger partial charge < -0.3 is 9.64 Å². The van der Waals surface area contributed by atoms with Crippen LogP contribution in [0.2, 0.25) is 0 Å². The molecule has 4 heteroatoms. The third kappa shape index (κ3) is 5.21. The van der Waals surface area contributed by atoms with E-state index >= 15 is 0 Å². The summed E-state index contributed by atoms with van der Waals surface area (Å²) in [5.74, 6) is 2.06. The summed E-state index contributed by atoms with van der Waals surface area (Å²) in [4.78, 5) is 14.8. The number of hydrogen-bond donors (Lipinski definition) is 0. The fraction of sp³-hybridized carbons (Fsp3) is 0.240. The van der Waals surface area contributed by atoms with Gasteiger partial charge in [0.25, 0.3) is 0 Å². The van der Waals surface area contributed by atoms with Crippen LogP contribution < -0.4 is 4.74 Å². The minimum absolute atomic E-state index is 0.0986. The molecule has 1 fully saturated rings. The van der Waals surface area contributed by atoms with Crippen LogP contribution in [0.5, 0.6) is 5.75 Å². The summed E-state index contributed by atoms with van der Waals surface area (Å²) in [7, 11) is 0. The lowest BCUT2D eigenvalue weighted by Gasteiger charge is -2.24. The highest BCUT2D eigenvalue weighted by atomic mass is 32.2. The summed E-state index contributed by atoms with van der Waals surface area (Å²) in [5.41, 5.74) is 3.52. The van der Waals surface area contributed by atoms with Crippen molar-refractivity contribution in [2.24, 2.45) is 0 Å². The van der Waals surface area contributed by atoms with Crippen molar-refractivity contribution in [1.29, 1.82) is 0 Å². The second-order valence-corrected chi connectivity index (χ2v) is 8.33. The van der Waals surface area contributed by atoms with Crippen molar-refractivity contribution in [1.82, 2.24) is 4.90 Å². The molecule has 3 nitrogen and oxygen atoms in total. The quantitative estimate of drug-likeness (QED) is 0.524. The van der Waals surface area contributed by atoms with E-state index in [9.17, 15) is 4.79 Å². The van der Waals surface area contributed by atoms with E-state index in [2.05, 4.69) is 36.4 Å². The maximum Gasteiger partial charge on any atom is 0.224 e. The molecule has 0 radical (unpaired) electrons. The van der Waals surface area contributed by atoms with Crippen LogP contribution in [-0.4, -0.2) is 23.1 Å². The zero-order valence-corrected chi connectivity index (χ0v) is 17.2. The highest BCUT2D eigenvalue weighted by Gasteiger charge is 2.30. The number of nitrogens with zero attached hydrogens (tertiary/aromatic N) is 1. The summed E-state index contributed by atoms with van der Waals surface area (Å²) >= 11 is 1.83. The predicted molar refractivity (Wildman–Crippen MR) is 119 cm³/mol. The Kier molecular flexibility index (Phi) is 6.52. The summed E-state index contributed by atoms with van der Waals surface area (Å²) < 4.78 is 5.88. The number of rotatable bonds is 7. The first kappa shape index (κ1) is 19.6. The van der Waals surface area contributed by atoms with Gasteiger partial charge in [0.1, 0.15) is 17.7 Å². The predicted octanol–water partition coefficient (Wildman–Crippen LogP) is 5.47. The van der Waals surface area contributed by atoms with Gasteiger partial charge in [-0.25, -0.2) is 0 Å². The highest BCUT2D eigenvalue weighted by Crippen LogP contribution is 2.38. The Balaban J connectivity index is 1.34. The largest absolute Gasteiger partial charge is 0.489 e. The van der Waals surface area contributed by atoms with Crippen molar-refractivity contribution in [3.05, 3.63) is 102 Å².